The Morgan fingerprint density at radius 2 is 1.82 bits per heavy atom. The van der Waals surface area contributed by atoms with E-state index in [4.69, 9.17) is 0 Å². The van der Waals surface area contributed by atoms with Gasteiger partial charge in [0.05, 0.1) is 0 Å². The number of aromatic nitrogens is 1. The Bertz CT molecular complexity index is 679. The second kappa shape index (κ2) is 6.09. The van der Waals surface area contributed by atoms with Crippen molar-refractivity contribution in [1.82, 2.24) is 9.88 Å². The number of carbonyl (C=O) groups is 1. The highest BCUT2D eigenvalue weighted by Crippen LogP contribution is 2.23. The largest absolute Gasteiger partial charge is 0.351 e. The molecule has 1 amide bonds. The first-order chi connectivity index (χ1) is 10.6. The second-order valence-electron chi connectivity index (χ2n) is 5.15. The Morgan fingerprint density at radius 3 is 2.50 bits per heavy atom. The minimum atomic E-state index is -0.691. The van der Waals surface area contributed by atoms with E-state index in [2.05, 4.69) is 10.3 Å². The van der Waals surface area contributed by atoms with Gasteiger partial charge in [-0.3, -0.25) is 9.78 Å². The molecule has 6 heteroatoms. The van der Waals surface area contributed by atoms with Gasteiger partial charge in [0.2, 0.25) is 0 Å². The van der Waals surface area contributed by atoms with Crippen molar-refractivity contribution < 1.29 is 13.6 Å². The molecule has 1 aromatic heterocycles. The fraction of sp³-hybridized carbons (Fsp3) is 0.250. The Morgan fingerprint density at radius 1 is 1.14 bits per heavy atom. The number of likely N-dealkylation sites (tertiary alicyclic amines) is 1. The molecule has 1 N–H and O–H groups in total. The Labute approximate surface area is 126 Å². The van der Waals surface area contributed by atoms with Crippen LogP contribution in [0.1, 0.15) is 23.3 Å². The average Bonchev–Trinajstić information content (AvgIpc) is 3.05. The van der Waals surface area contributed by atoms with Crippen LogP contribution >= 0.6 is 0 Å². The number of hydrogen-bond acceptors (Lipinski definition) is 3. The third-order valence-electron chi connectivity index (χ3n) is 3.60. The van der Waals surface area contributed by atoms with E-state index in [1.807, 2.05) is 0 Å². The van der Waals surface area contributed by atoms with E-state index in [1.54, 1.807) is 11.0 Å². The molecule has 1 fully saturated rings. The first-order valence-electron chi connectivity index (χ1n) is 7.11. The van der Waals surface area contributed by atoms with Gasteiger partial charge in [-0.05, 0) is 37.1 Å². The van der Waals surface area contributed by atoms with Crippen molar-refractivity contribution in [2.75, 3.05) is 18.4 Å². The van der Waals surface area contributed by atoms with Gasteiger partial charge in [-0.25, -0.2) is 8.78 Å². The van der Waals surface area contributed by atoms with E-state index in [0.29, 0.717) is 5.69 Å². The van der Waals surface area contributed by atoms with Crippen LogP contribution in [0.2, 0.25) is 0 Å². The van der Waals surface area contributed by atoms with Crippen LogP contribution in [-0.4, -0.2) is 28.9 Å². The highest BCUT2D eigenvalue weighted by Gasteiger charge is 2.20. The maximum atomic E-state index is 13.6. The predicted octanol–water partition coefficient (Wildman–Crippen LogP) is 3.34. The van der Waals surface area contributed by atoms with Crippen LogP contribution in [0.5, 0.6) is 0 Å². The number of nitrogens with one attached hydrogen (secondary N) is 1. The van der Waals surface area contributed by atoms with Crippen molar-refractivity contribution in [3.8, 4) is 0 Å². The third-order valence-corrected chi connectivity index (χ3v) is 3.60. The van der Waals surface area contributed by atoms with Crippen LogP contribution in [0.25, 0.3) is 0 Å². The summed E-state index contributed by atoms with van der Waals surface area (Å²) in [5, 5.41) is 2.67. The number of halogens is 2. The molecular formula is C16H15F2N3O. The van der Waals surface area contributed by atoms with E-state index in [-0.39, 0.29) is 17.3 Å². The van der Waals surface area contributed by atoms with Gasteiger partial charge in [0.15, 0.2) is 0 Å². The van der Waals surface area contributed by atoms with Gasteiger partial charge in [0.1, 0.15) is 23.0 Å². The zero-order valence-corrected chi connectivity index (χ0v) is 11.9. The Hall–Kier alpha value is -2.50. The standard InChI is InChI=1S/C16H15F2N3O/c17-12-4-3-5-13(18)15(12)20-11-6-7-19-14(10-11)16(22)21-8-1-2-9-21/h3-7,10H,1-2,8-9H2,(H,19,20). The quantitative estimate of drug-likeness (QED) is 0.946. The first-order valence-corrected chi connectivity index (χ1v) is 7.11. The molecule has 0 aliphatic carbocycles. The minimum absolute atomic E-state index is 0.157. The number of pyridine rings is 1. The van der Waals surface area contributed by atoms with Crippen molar-refractivity contribution in [2.45, 2.75) is 12.8 Å². The number of benzene rings is 1. The van der Waals surface area contributed by atoms with Gasteiger partial charge in [0, 0.05) is 25.0 Å². The molecule has 0 atom stereocenters. The highest BCUT2D eigenvalue weighted by molar-refractivity contribution is 5.93. The topological polar surface area (TPSA) is 45.2 Å². The maximum Gasteiger partial charge on any atom is 0.272 e. The van der Waals surface area contributed by atoms with Crippen molar-refractivity contribution in [1.29, 1.82) is 0 Å². The van der Waals surface area contributed by atoms with Gasteiger partial charge >= 0.3 is 0 Å². The lowest BCUT2D eigenvalue weighted by atomic mass is 10.2. The monoisotopic (exact) mass is 303 g/mol. The first kappa shape index (κ1) is 14.4. The number of nitrogens with zero attached hydrogens (tertiary/aromatic N) is 2. The fourth-order valence-electron chi connectivity index (χ4n) is 2.47. The fourth-order valence-corrected chi connectivity index (χ4v) is 2.47. The van der Waals surface area contributed by atoms with E-state index in [1.165, 1.54) is 30.5 Å². The summed E-state index contributed by atoms with van der Waals surface area (Å²) in [7, 11) is 0. The number of carbonyl (C=O) groups excluding carboxylic acids is 1. The molecule has 0 saturated carbocycles. The summed E-state index contributed by atoms with van der Waals surface area (Å²) in [5.74, 6) is -1.54. The van der Waals surface area contributed by atoms with Crippen molar-refractivity contribution >= 4 is 17.3 Å². The number of para-hydroxylation sites is 1. The summed E-state index contributed by atoms with van der Waals surface area (Å²) in [4.78, 5) is 18.1. The van der Waals surface area contributed by atoms with E-state index in [0.717, 1.165) is 25.9 Å². The molecule has 4 nitrogen and oxygen atoms in total. The van der Waals surface area contributed by atoms with Gasteiger partial charge < -0.3 is 10.2 Å². The number of amides is 1. The molecule has 0 radical (unpaired) electrons. The van der Waals surface area contributed by atoms with Crippen LogP contribution in [0.15, 0.2) is 36.5 Å². The molecule has 2 heterocycles. The number of hydrogen-bond donors (Lipinski definition) is 1. The average molecular weight is 303 g/mol. The summed E-state index contributed by atoms with van der Waals surface area (Å²) in [6.07, 6.45) is 3.43. The molecule has 0 bridgehead atoms. The molecule has 0 spiro atoms. The molecular weight excluding hydrogens is 288 g/mol. The van der Waals surface area contributed by atoms with Crippen LogP contribution in [-0.2, 0) is 0 Å². The van der Waals surface area contributed by atoms with Crippen molar-refractivity contribution in [3.63, 3.8) is 0 Å². The van der Waals surface area contributed by atoms with Gasteiger partial charge in [-0.2, -0.15) is 0 Å². The van der Waals surface area contributed by atoms with Crippen molar-refractivity contribution in [3.05, 3.63) is 53.9 Å². The molecule has 1 saturated heterocycles. The summed E-state index contributed by atoms with van der Waals surface area (Å²) in [5.41, 5.74) is 0.443. The molecule has 1 aliphatic rings. The molecule has 1 aliphatic heterocycles. The lowest BCUT2D eigenvalue weighted by Crippen LogP contribution is -2.28. The summed E-state index contributed by atoms with van der Waals surface area (Å²) in [6, 6.07) is 6.70. The summed E-state index contributed by atoms with van der Waals surface area (Å²) >= 11 is 0. The zero-order valence-electron chi connectivity index (χ0n) is 11.9. The van der Waals surface area contributed by atoms with E-state index >= 15 is 0 Å². The molecule has 0 unspecified atom stereocenters. The Kier molecular flexibility index (Phi) is 4.00. The van der Waals surface area contributed by atoms with Gasteiger partial charge in [-0.1, -0.05) is 6.07 Å². The highest BCUT2D eigenvalue weighted by atomic mass is 19.1. The smallest absolute Gasteiger partial charge is 0.272 e. The zero-order chi connectivity index (χ0) is 15.5. The summed E-state index contributed by atoms with van der Waals surface area (Å²) in [6.45, 7) is 1.44. The predicted molar refractivity (Wildman–Crippen MR) is 79.0 cm³/mol. The van der Waals surface area contributed by atoms with Gasteiger partial charge in [0.25, 0.3) is 5.91 Å². The van der Waals surface area contributed by atoms with Crippen LogP contribution in [0.4, 0.5) is 20.2 Å². The van der Waals surface area contributed by atoms with Gasteiger partial charge in [-0.15, -0.1) is 0 Å². The lowest BCUT2D eigenvalue weighted by Gasteiger charge is -2.15. The second-order valence-corrected chi connectivity index (χ2v) is 5.15. The van der Waals surface area contributed by atoms with E-state index in [9.17, 15) is 13.6 Å². The van der Waals surface area contributed by atoms with Crippen LogP contribution < -0.4 is 5.32 Å². The third kappa shape index (κ3) is 2.90. The maximum absolute atomic E-state index is 13.6. The van der Waals surface area contributed by atoms with Crippen LogP contribution in [0.3, 0.4) is 0 Å². The van der Waals surface area contributed by atoms with Crippen molar-refractivity contribution in [2.24, 2.45) is 0 Å². The molecule has 114 valence electrons. The lowest BCUT2D eigenvalue weighted by molar-refractivity contribution is 0.0787. The minimum Gasteiger partial charge on any atom is -0.351 e. The molecule has 1 aromatic carbocycles. The molecule has 22 heavy (non-hydrogen) atoms. The Balaban J connectivity index is 1.83. The van der Waals surface area contributed by atoms with Crippen LogP contribution in [0, 0.1) is 11.6 Å². The SMILES string of the molecule is O=C(c1cc(Nc2c(F)cccc2F)ccn1)N1CCCC1. The van der Waals surface area contributed by atoms with E-state index < -0.39 is 11.6 Å². The normalized spacial score (nSPS) is 14.2. The summed E-state index contributed by atoms with van der Waals surface area (Å²) < 4.78 is 27.3. The molecule has 3 rings (SSSR count). The number of rotatable bonds is 3. The number of anilines is 2. The molecule has 2 aromatic rings.